The third-order valence-corrected chi connectivity index (χ3v) is 5.70. The van der Waals surface area contributed by atoms with Gasteiger partial charge in [-0.2, -0.15) is 0 Å². The Bertz CT molecular complexity index is 484. The zero-order chi connectivity index (χ0) is 15.4. The molecule has 3 rings (SSSR count). The number of benzene rings is 1. The fourth-order valence-electron chi connectivity index (χ4n) is 3.96. The molecule has 23 heavy (non-hydrogen) atoms. The van der Waals surface area contributed by atoms with Crippen LogP contribution in [0.15, 0.2) is 24.3 Å². The van der Waals surface area contributed by atoms with Crippen LogP contribution in [-0.4, -0.2) is 31.8 Å². The fraction of sp³-hybridized carbons (Fsp3) is 0.667. The van der Waals surface area contributed by atoms with Gasteiger partial charge in [-0.25, -0.2) is 0 Å². The van der Waals surface area contributed by atoms with Gasteiger partial charge in [0.2, 0.25) is 0 Å². The fourth-order valence-corrected chi connectivity index (χ4v) is 4.15. The van der Waals surface area contributed by atoms with E-state index in [1.54, 1.807) is 0 Å². The number of hydrogen-bond donors (Lipinski definition) is 2. The van der Waals surface area contributed by atoms with Crippen LogP contribution in [0.25, 0.3) is 0 Å². The Morgan fingerprint density at radius 2 is 1.78 bits per heavy atom. The molecule has 3 N–H and O–H groups in total. The minimum absolute atomic E-state index is 0. The third kappa shape index (κ3) is 4.61. The summed E-state index contributed by atoms with van der Waals surface area (Å²) in [5, 5.41) is 4.65. The van der Waals surface area contributed by atoms with Gasteiger partial charge < -0.3 is 15.8 Å². The normalized spacial score (nSPS) is 29.0. The summed E-state index contributed by atoms with van der Waals surface area (Å²) in [6, 6.07) is 9.53. The average molecular weight is 359 g/mol. The molecule has 2 fully saturated rings. The standard InChI is InChI=1S/C18H27ClN2O.ClH/c19-15-3-1-2-14(12-15)18(13-20)8-4-16(5-9-18)21-17-6-10-22-11-7-17;/h1-3,12,16-17,21H,4-11,13,20H2;1H. The van der Waals surface area contributed by atoms with Crippen LogP contribution in [0.2, 0.25) is 5.02 Å². The molecular formula is C18H28Cl2N2O. The SMILES string of the molecule is Cl.NCC1(c2cccc(Cl)c2)CCC(NC2CCOCC2)CC1. The zero-order valence-electron chi connectivity index (χ0n) is 13.6. The highest BCUT2D eigenvalue weighted by Gasteiger charge is 2.36. The van der Waals surface area contributed by atoms with Crippen molar-refractivity contribution in [3.63, 3.8) is 0 Å². The molecular weight excluding hydrogens is 331 g/mol. The Morgan fingerprint density at radius 3 is 2.39 bits per heavy atom. The van der Waals surface area contributed by atoms with Gasteiger partial charge in [-0.3, -0.25) is 0 Å². The van der Waals surface area contributed by atoms with Crippen LogP contribution >= 0.6 is 24.0 Å². The second-order valence-corrected chi connectivity index (χ2v) is 7.26. The van der Waals surface area contributed by atoms with Gasteiger partial charge in [0.1, 0.15) is 0 Å². The first-order valence-electron chi connectivity index (χ1n) is 8.52. The van der Waals surface area contributed by atoms with Crippen molar-refractivity contribution in [1.82, 2.24) is 5.32 Å². The molecule has 5 heteroatoms. The van der Waals surface area contributed by atoms with E-state index in [-0.39, 0.29) is 17.8 Å². The van der Waals surface area contributed by atoms with Crippen LogP contribution in [0.3, 0.4) is 0 Å². The predicted octanol–water partition coefficient (Wildman–Crippen LogP) is 3.67. The van der Waals surface area contributed by atoms with Crippen molar-refractivity contribution < 1.29 is 4.74 Å². The first-order valence-corrected chi connectivity index (χ1v) is 8.89. The smallest absolute Gasteiger partial charge is 0.0480 e. The van der Waals surface area contributed by atoms with Crippen molar-refractivity contribution in [3.05, 3.63) is 34.9 Å². The molecule has 0 atom stereocenters. The first kappa shape index (κ1) is 19.0. The minimum Gasteiger partial charge on any atom is -0.381 e. The summed E-state index contributed by atoms with van der Waals surface area (Å²) in [7, 11) is 0. The van der Waals surface area contributed by atoms with E-state index in [0.717, 1.165) is 43.9 Å². The Hall–Kier alpha value is -0.320. The summed E-state index contributed by atoms with van der Waals surface area (Å²) in [5.74, 6) is 0. The molecule has 0 amide bonds. The van der Waals surface area contributed by atoms with Gasteiger partial charge in [0.25, 0.3) is 0 Å². The molecule has 1 aromatic carbocycles. The van der Waals surface area contributed by atoms with E-state index in [4.69, 9.17) is 22.1 Å². The van der Waals surface area contributed by atoms with Crippen LogP contribution < -0.4 is 11.1 Å². The summed E-state index contributed by atoms with van der Waals surface area (Å²) < 4.78 is 5.44. The highest BCUT2D eigenvalue weighted by atomic mass is 35.5. The Balaban J connectivity index is 0.00000192. The van der Waals surface area contributed by atoms with Crippen molar-refractivity contribution >= 4 is 24.0 Å². The van der Waals surface area contributed by atoms with Gasteiger partial charge >= 0.3 is 0 Å². The van der Waals surface area contributed by atoms with Crippen LogP contribution in [0.5, 0.6) is 0 Å². The molecule has 3 nitrogen and oxygen atoms in total. The summed E-state index contributed by atoms with van der Waals surface area (Å²) in [4.78, 5) is 0. The molecule has 1 aromatic rings. The summed E-state index contributed by atoms with van der Waals surface area (Å²) >= 11 is 6.18. The van der Waals surface area contributed by atoms with Gasteiger partial charge in [-0.05, 0) is 56.2 Å². The van der Waals surface area contributed by atoms with E-state index in [1.165, 1.54) is 18.4 Å². The van der Waals surface area contributed by atoms with Crippen molar-refractivity contribution in [2.45, 2.75) is 56.0 Å². The number of hydrogen-bond acceptors (Lipinski definition) is 3. The molecule has 1 heterocycles. The van der Waals surface area contributed by atoms with Crippen LogP contribution in [-0.2, 0) is 10.2 Å². The Morgan fingerprint density at radius 1 is 1.13 bits per heavy atom. The van der Waals surface area contributed by atoms with Crippen molar-refractivity contribution in [3.8, 4) is 0 Å². The topological polar surface area (TPSA) is 47.3 Å². The summed E-state index contributed by atoms with van der Waals surface area (Å²) in [5.41, 5.74) is 7.59. The van der Waals surface area contributed by atoms with Gasteiger partial charge in [0, 0.05) is 42.3 Å². The molecule has 1 aliphatic carbocycles. The monoisotopic (exact) mass is 358 g/mol. The van der Waals surface area contributed by atoms with Gasteiger partial charge in [-0.15, -0.1) is 12.4 Å². The number of halogens is 2. The molecule has 1 saturated carbocycles. The maximum Gasteiger partial charge on any atom is 0.0480 e. The lowest BCUT2D eigenvalue weighted by Crippen LogP contribution is -2.47. The second-order valence-electron chi connectivity index (χ2n) is 6.82. The van der Waals surface area contributed by atoms with Crippen molar-refractivity contribution in [2.75, 3.05) is 19.8 Å². The number of ether oxygens (including phenoxy) is 1. The summed E-state index contributed by atoms with van der Waals surface area (Å²) in [6.07, 6.45) is 6.97. The molecule has 0 aromatic heterocycles. The first-order chi connectivity index (χ1) is 10.7. The third-order valence-electron chi connectivity index (χ3n) is 5.46. The molecule has 1 aliphatic heterocycles. The van der Waals surface area contributed by atoms with E-state index in [0.29, 0.717) is 18.6 Å². The lowest BCUT2D eigenvalue weighted by atomic mass is 9.68. The van der Waals surface area contributed by atoms with E-state index < -0.39 is 0 Å². The number of rotatable bonds is 4. The Kier molecular flexibility index (Phi) is 7.18. The van der Waals surface area contributed by atoms with Gasteiger partial charge in [0.05, 0.1) is 0 Å². The quantitative estimate of drug-likeness (QED) is 0.862. The molecule has 0 radical (unpaired) electrons. The van der Waals surface area contributed by atoms with E-state index >= 15 is 0 Å². The van der Waals surface area contributed by atoms with Gasteiger partial charge in [0.15, 0.2) is 0 Å². The lowest BCUT2D eigenvalue weighted by molar-refractivity contribution is 0.0716. The summed E-state index contributed by atoms with van der Waals surface area (Å²) in [6.45, 7) is 2.51. The molecule has 0 unspecified atom stereocenters. The van der Waals surface area contributed by atoms with E-state index in [1.807, 2.05) is 12.1 Å². The number of nitrogens with one attached hydrogen (secondary N) is 1. The van der Waals surface area contributed by atoms with Crippen LogP contribution in [0.1, 0.15) is 44.1 Å². The Labute approximate surface area is 150 Å². The average Bonchev–Trinajstić information content (AvgIpc) is 2.57. The zero-order valence-corrected chi connectivity index (χ0v) is 15.2. The highest BCUT2D eigenvalue weighted by Crippen LogP contribution is 2.39. The minimum atomic E-state index is 0. The molecule has 130 valence electrons. The lowest BCUT2D eigenvalue weighted by Gasteiger charge is -2.41. The van der Waals surface area contributed by atoms with E-state index in [9.17, 15) is 0 Å². The molecule has 0 spiro atoms. The van der Waals surface area contributed by atoms with Crippen molar-refractivity contribution in [2.24, 2.45) is 5.73 Å². The molecule has 0 bridgehead atoms. The van der Waals surface area contributed by atoms with E-state index in [2.05, 4.69) is 17.4 Å². The van der Waals surface area contributed by atoms with Gasteiger partial charge in [-0.1, -0.05) is 23.7 Å². The maximum atomic E-state index is 6.18. The highest BCUT2D eigenvalue weighted by molar-refractivity contribution is 6.30. The van der Waals surface area contributed by atoms with Crippen LogP contribution in [0, 0.1) is 0 Å². The maximum absolute atomic E-state index is 6.18. The largest absolute Gasteiger partial charge is 0.381 e. The molecule has 1 saturated heterocycles. The molecule has 2 aliphatic rings. The number of nitrogens with two attached hydrogens (primary N) is 1. The predicted molar refractivity (Wildman–Crippen MR) is 98.7 cm³/mol. The van der Waals surface area contributed by atoms with Crippen molar-refractivity contribution in [1.29, 1.82) is 0 Å². The second kappa shape index (κ2) is 8.68. The van der Waals surface area contributed by atoms with Crippen LogP contribution in [0.4, 0.5) is 0 Å².